The van der Waals surface area contributed by atoms with Crippen LogP contribution in [0.2, 0.25) is 5.02 Å². The van der Waals surface area contributed by atoms with Crippen molar-refractivity contribution in [3.8, 4) is 0 Å². The van der Waals surface area contributed by atoms with Crippen LogP contribution in [0.1, 0.15) is 28.7 Å². The first kappa shape index (κ1) is 12.6. The lowest BCUT2D eigenvalue weighted by atomic mass is 10.1. The summed E-state index contributed by atoms with van der Waals surface area (Å²) in [4.78, 5) is 15.2. The monoisotopic (exact) mass is 264 g/mol. The zero-order valence-electron chi connectivity index (χ0n) is 9.93. The van der Waals surface area contributed by atoms with Crippen LogP contribution >= 0.6 is 11.6 Å². The molecule has 18 heavy (non-hydrogen) atoms. The van der Waals surface area contributed by atoms with Crippen LogP contribution in [-0.2, 0) is 13.0 Å². The van der Waals surface area contributed by atoms with Gasteiger partial charge in [-0.05, 0) is 30.7 Å². The van der Waals surface area contributed by atoms with E-state index >= 15 is 0 Å². The Hall–Kier alpha value is -1.81. The van der Waals surface area contributed by atoms with E-state index in [1.165, 1.54) is 6.07 Å². The highest BCUT2D eigenvalue weighted by Gasteiger charge is 2.09. The molecule has 0 saturated heterocycles. The van der Waals surface area contributed by atoms with Crippen molar-refractivity contribution in [1.29, 1.82) is 0 Å². The van der Waals surface area contributed by atoms with Gasteiger partial charge in [-0.15, -0.1) is 0 Å². The molecular weight excluding hydrogens is 252 g/mol. The maximum Gasteiger partial charge on any atom is 0.335 e. The van der Waals surface area contributed by atoms with Gasteiger partial charge in [-0.2, -0.15) is 0 Å². The second-order valence-electron chi connectivity index (χ2n) is 3.96. The third-order valence-corrected chi connectivity index (χ3v) is 2.93. The van der Waals surface area contributed by atoms with Gasteiger partial charge in [-0.1, -0.05) is 11.6 Å². The average Bonchev–Trinajstić information content (AvgIpc) is 2.75. The lowest BCUT2D eigenvalue weighted by Crippen LogP contribution is -2.03. The number of nitrogens with zero attached hydrogens (tertiary/aromatic N) is 2. The van der Waals surface area contributed by atoms with Crippen molar-refractivity contribution in [1.82, 2.24) is 9.55 Å². The van der Waals surface area contributed by atoms with Crippen molar-refractivity contribution in [3.63, 3.8) is 0 Å². The highest BCUT2D eigenvalue weighted by Crippen LogP contribution is 2.17. The maximum atomic E-state index is 11.0. The normalized spacial score (nSPS) is 10.6. The maximum absolute atomic E-state index is 11.0. The Morgan fingerprint density at radius 3 is 2.89 bits per heavy atom. The number of imidazole rings is 1. The number of aromatic nitrogens is 2. The molecule has 4 nitrogen and oxygen atoms in total. The lowest BCUT2D eigenvalue weighted by Gasteiger charge is -2.06. The second kappa shape index (κ2) is 5.23. The summed E-state index contributed by atoms with van der Waals surface area (Å²) in [6.45, 7) is 2.87. The van der Waals surface area contributed by atoms with E-state index < -0.39 is 5.97 Å². The molecule has 0 bridgehead atoms. The van der Waals surface area contributed by atoms with Gasteiger partial charge in [-0.3, -0.25) is 0 Å². The molecule has 0 aliphatic heterocycles. The standard InChI is InChI=1S/C13H13ClN2O2/c1-2-16-4-3-15-12(16)7-9-5-10(13(17)18)8-11(14)6-9/h3-6,8H,2,7H2,1H3,(H,17,18). The molecule has 0 amide bonds. The number of aryl methyl sites for hydroxylation is 1. The number of carboxylic acids is 1. The van der Waals surface area contributed by atoms with Crippen molar-refractivity contribution in [2.75, 3.05) is 0 Å². The summed E-state index contributed by atoms with van der Waals surface area (Å²) >= 11 is 5.92. The first-order chi connectivity index (χ1) is 8.60. The molecular formula is C13H13ClN2O2. The second-order valence-corrected chi connectivity index (χ2v) is 4.40. The Morgan fingerprint density at radius 2 is 2.22 bits per heavy atom. The van der Waals surface area contributed by atoms with Gasteiger partial charge >= 0.3 is 5.97 Å². The Kier molecular flexibility index (Phi) is 3.67. The predicted octanol–water partition coefficient (Wildman–Crippen LogP) is 2.85. The highest BCUT2D eigenvalue weighted by atomic mass is 35.5. The molecule has 1 aromatic heterocycles. The van der Waals surface area contributed by atoms with Gasteiger partial charge in [0, 0.05) is 30.4 Å². The fourth-order valence-corrected chi connectivity index (χ4v) is 2.11. The number of halogens is 1. The Labute approximate surface area is 110 Å². The van der Waals surface area contributed by atoms with Crippen molar-refractivity contribution in [2.45, 2.75) is 19.9 Å². The molecule has 2 aromatic rings. The summed E-state index contributed by atoms with van der Waals surface area (Å²) in [6.07, 6.45) is 4.21. The molecule has 0 aliphatic carbocycles. The summed E-state index contributed by atoms with van der Waals surface area (Å²) in [5.41, 5.74) is 1.05. The van der Waals surface area contributed by atoms with Crippen LogP contribution < -0.4 is 0 Å². The smallest absolute Gasteiger partial charge is 0.335 e. The van der Waals surface area contributed by atoms with Gasteiger partial charge in [0.05, 0.1) is 5.56 Å². The number of rotatable bonds is 4. The van der Waals surface area contributed by atoms with E-state index in [4.69, 9.17) is 16.7 Å². The van der Waals surface area contributed by atoms with Crippen LogP contribution in [0.15, 0.2) is 30.6 Å². The summed E-state index contributed by atoms with van der Waals surface area (Å²) in [5.74, 6) is -0.0753. The lowest BCUT2D eigenvalue weighted by molar-refractivity contribution is 0.0696. The van der Waals surface area contributed by atoms with Crippen LogP contribution in [0.5, 0.6) is 0 Å². The van der Waals surface area contributed by atoms with E-state index in [0.717, 1.165) is 17.9 Å². The molecule has 1 N–H and O–H groups in total. The zero-order valence-corrected chi connectivity index (χ0v) is 10.7. The molecule has 0 aliphatic rings. The molecule has 0 radical (unpaired) electrons. The summed E-state index contributed by atoms with van der Waals surface area (Å²) < 4.78 is 2.02. The highest BCUT2D eigenvalue weighted by molar-refractivity contribution is 6.31. The van der Waals surface area contributed by atoms with E-state index in [1.54, 1.807) is 18.3 Å². The number of benzene rings is 1. The minimum absolute atomic E-state index is 0.201. The fourth-order valence-electron chi connectivity index (χ4n) is 1.85. The topological polar surface area (TPSA) is 55.1 Å². The third-order valence-electron chi connectivity index (χ3n) is 2.71. The van der Waals surface area contributed by atoms with Crippen molar-refractivity contribution in [2.24, 2.45) is 0 Å². The van der Waals surface area contributed by atoms with Gasteiger partial charge in [0.2, 0.25) is 0 Å². The SMILES string of the molecule is CCn1ccnc1Cc1cc(Cl)cc(C(=O)O)c1. The van der Waals surface area contributed by atoms with E-state index in [1.807, 2.05) is 17.7 Å². The van der Waals surface area contributed by atoms with Gasteiger partial charge in [0.15, 0.2) is 0 Å². The van der Waals surface area contributed by atoms with Crippen LogP contribution in [0.3, 0.4) is 0 Å². The van der Waals surface area contributed by atoms with Gasteiger partial charge < -0.3 is 9.67 Å². The number of hydrogen-bond donors (Lipinski definition) is 1. The quantitative estimate of drug-likeness (QED) is 0.924. The zero-order chi connectivity index (χ0) is 13.1. The molecule has 0 fully saturated rings. The first-order valence-electron chi connectivity index (χ1n) is 5.63. The molecule has 0 unspecified atom stereocenters. The molecule has 2 rings (SSSR count). The molecule has 94 valence electrons. The van der Waals surface area contributed by atoms with Crippen molar-refractivity contribution >= 4 is 17.6 Å². The molecule has 1 aromatic carbocycles. The van der Waals surface area contributed by atoms with E-state index in [-0.39, 0.29) is 5.56 Å². The minimum atomic E-state index is -0.974. The molecule has 5 heteroatoms. The number of hydrogen-bond acceptors (Lipinski definition) is 2. The van der Waals surface area contributed by atoms with E-state index in [9.17, 15) is 4.79 Å². The van der Waals surface area contributed by atoms with E-state index in [2.05, 4.69) is 4.98 Å². The van der Waals surface area contributed by atoms with Gasteiger partial charge in [-0.25, -0.2) is 9.78 Å². The van der Waals surface area contributed by atoms with Gasteiger partial charge in [0.1, 0.15) is 5.82 Å². The first-order valence-corrected chi connectivity index (χ1v) is 6.00. The average molecular weight is 265 g/mol. The Morgan fingerprint density at radius 1 is 1.44 bits per heavy atom. The predicted molar refractivity (Wildman–Crippen MR) is 69.1 cm³/mol. The largest absolute Gasteiger partial charge is 0.478 e. The third kappa shape index (κ3) is 2.71. The van der Waals surface area contributed by atoms with Crippen LogP contribution in [0.25, 0.3) is 0 Å². The number of aromatic carboxylic acids is 1. The van der Waals surface area contributed by atoms with E-state index in [0.29, 0.717) is 11.4 Å². The molecule has 0 saturated carbocycles. The molecule has 0 atom stereocenters. The van der Waals surface area contributed by atoms with Crippen LogP contribution in [0.4, 0.5) is 0 Å². The van der Waals surface area contributed by atoms with Crippen LogP contribution in [-0.4, -0.2) is 20.6 Å². The fraction of sp³-hybridized carbons (Fsp3) is 0.231. The summed E-state index contributed by atoms with van der Waals surface area (Å²) in [7, 11) is 0. The van der Waals surface area contributed by atoms with Crippen molar-refractivity contribution < 1.29 is 9.90 Å². The Balaban J connectivity index is 2.32. The van der Waals surface area contributed by atoms with Crippen molar-refractivity contribution in [3.05, 3.63) is 52.6 Å². The summed E-state index contributed by atoms with van der Waals surface area (Å²) in [6, 6.07) is 4.84. The molecule has 0 spiro atoms. The molecule has 1 heterocycles. The Bertz CT molecular complexity index is 578. The minimum Gasteiger partial charge on any atom is -0.478 e. The number of carboxylic acid groups (broad SMARTS) is 1. The number of carbonyl (C=O) groups is 1. The summed E-state index contributed by atoms with van der Waals surface area (Å²) in [5, 5.41) is 9.41. The van der Waals surface area contributed by atoms with Gasteiger partial charge in [0.25, 0.3) is 0 Å². The van der Waals surface area contributed by atoms with Crippen LogP contribution in [0, 0.1) is 0 Å².